The van der Waals surface area contributed by atoms with Gasteiger partial charge in [0, 0.05) is 0 Å². The molecule has 1 fully saturated rings. The third-order valence-corrected chi connectivity index (χ3v) is 3.70. The average Bonchev–Trinajstić information content (AvgIpc) is 3.14. The Kier molecular flexibility index (Phi) is 3.93. The zero-order valence-electron chi connectivity index (χ0n) is 12.2. The summed E-state index contributed by atoms with van der Waals surface area (Å²) in [6.07, 6.45) is 1.79. The number of benzene rings is 1. The number of imide groups is 1. The zero-order chi connectivity index (χ0) is 15.5. The van der Waals surface area contributed by atoms with Gasteiger partial charge in [0.2, 0.25) is 5.91 Å². The van der Waals surface area contributed by atoms with Crippen LogP contribution < -0.4 is 15.0 Å². The molecule has 2 N–H and O–H groups in total. The van der Waals surface area contributed by atoms with Crippen LogP contribution in [-0.2, 0) is 16.1 Å². The molecule has 0 spiro atoms. The van der Waals surface area contributed by atoms with E-state index in [1.165, 1.54) is 4.90 Å². The minimum Gasteiger partial charge on any atom is -0.497 e. The predicted molar refractivity (Wildman–Crippen MR) is 78.2 cm³/mol. The fourth-order valence-electron chi connectivity index (χ4n) is 2.53. The monoisotopic (exact) mass is 301 g/mol. The van der Waals surface area contributed by atoms with Crippen LogP contribution in [0.4, 0.5) is 5.69 Å². The number of ether oxygens (including phenoxy) is 1. The quantitative estimate of drug-likeness (QED) is 0.824. The van der Waals surface area contributed by atoms with Gasteiger partial charge in [0.15, 0.2) is 11.8 Å². The van der Waals surface area contributed by atoms with Crippen molar-refractivity contribution in [3.05, 3.63) is 48.4 Å². The van der Waals surface area contributed by atoms with E-state index in [0.29, 0.717) is 18.0 Å². The van der Waals surface area contributed by atoms with Gasteiger partial charge in [0.05, 0.1) is 25.5 Å². The topological polar surface area (TPSA) is 76.4 Å². The highest BCUT2D eigenvalue weighted by Crippen LogP contribution is 2.24. The summed E-state index contributed by atoms with van der Waals surface area (Å²) in [4.78, 5) is 25.8. The molecule has 0 aliphatic carbocycles. The standard InChI is InChI=1S/C16H16N2O4/c1-21-12-6-4-11(5-7-12)18-15(19)9-14(16(18)20)17-10-13-3-2-8-22-13/h2-8,14,17H,9-10H2,1H3/p+1. The molecule has 0 bridgehead atoms. The van der Waals surface area contributed by atoms with Crippen LogP contribution in [-0.4, -0.2) is 25.0 Å². The minimum atomic E-state index is -0.403. The highest BCUT2D eigenvalue weighted by Gasteiger charge is 2.42. The number of rotatable bonds is 5. The Morgan fingerprint density at radius 3 is 2.68 bits per heavy atom. The predicted octanol–water partition coefficient (Wildman–Crippen LogP) is 0.684. The Balaban J connectivity index is 1.70. The summed E-state index contributed by atoms with van der Waals surface area (Å²) in [5.41, 5.74) is 0.574. The third kappa shape index (κ3) is 2.73. The van der Waals surface area contributed by atoms with Gasteiger partial charge in [0.25, 0.3) is 5.91 Å². The number of amides is 2. The molecular formula is C16H17N2O4+. The molecule has 6 heteroatoms. The summed E-state index contributed by atoms with van der Waals surface area (Å²) in [7, 11) is 1.57. The van der Waals surface area contributed by atoms with Crippen molar-refractivity contribution < 1.29 is 24.1 Å². The van der Waals surface area contributed by atoms with Crippen LogP contribution in [0.15, 0.2) is 47.1 Å². The molecule has 1 unspecified atom stereocenters. The second kappa shape index (κ2) is 6.03. The van der Waals surface area contributed by atoms with Crippen LogP contribution in [0.25, 0.3) is 0 Å². The molecular weight excluding hydrogens is 284 g/mol. The molecule has 22 heavy (non-hydrogen) atoms. The van der Waals surface area contributed by atoms with E-state index in [0.717, 1.165) is 5.76 Å². The van der Waals surface area contributed by atoms with Crippen LogP contribution in [0, 0.1) is 0 Å². The first-order valence-corrected chi connectivity index (χ1v) is 7.05. The maximum absolute atomic E-state index is 12.4. The molecule has 3 rings (SSSR count). The molecule has 0 saturated carbocycles. The van der Waals surface area contributed by atoms with Crippen molar-refractivity contribution in [2.75, 3.05) is 12.0 Å². The fraction of sp³-hybridized carbons (Fsp3) is 0.250. The van der Waals surface area contributed by atoms with Crippen molar-refractivity contribution in [3.63, 3.8) is 0 Å². The first-order valence-electron chi connectivity index (χ1n) is 7.05. The largest absolute Gasteiger partial charge is 0.497 e. The van der Waals surface area contributed by atoms with Crippen LogP contribution in [0.1, 0.15) is 12.2 Å². The van der Waals surface area contributed by atoms with Crippen LogP contribution in [0.3, 0.4) is 0 Å². The first-order chi connectivity index (χ1) is 10.7. The molecule has 1 aliphatic rings. The lowest BCUT2D eigenvalue weighted by Crippen LogP contribution is -2.90. The van der Waals surface area contributed by atoms with Gasteiger partial charge in [-0.15, -0.1) is 0 Å². The number of carbonyl (C=O) groups is 2. The Morgan fingerprint density at radius 2 is 2.05 bits per heavy atom. The molecule has 1 aromatic carbocycles. The van der Waals surface area contributed by atoms with E-state index in [2.05, 4.69) is 0 Å². The van der Waals surface area contributed by atoms with E-state index in [1.54, 1.807) is 43.7 Å². The normalized spacial score (nSPS) is 18.0. The summed E-state index contributed by atoms with van der Waals surface area (Å²) in [6.45, 7) is 0.535. The van der Waals surface area contributed by atoms with Gasteiger partial charge in [0.1, 0.15) is 12.3 Å². The number of carbonyl (C=O) groups excluding carboxylic acids is 2. The van der Waals surface area contributed by atoms with Gasteiger partial charge in [-0.3, -0.25) is 9.59 Å². The summed E-state index contributed by atoms with van der Waals surface area (Å²) < 4.78 is 10.3. The lowest BCUT2D eigenvalue weighted by Gasteiger charge is -2.14. The molecule has 2 heterocycles. The third-order valence-electron chi connectivity index (χ3n) is 3.70. The van der Waals surface area contributed by atoms with Gasteiger partial charge in [-0.1, -0.05) is 0 Å². The van der Waals surface area contributed by atoms with Crippen molar-refractivity contribution in [3.8, 4) is 5.75 Å². The average molecular weight is 301 g/mol. The van der Waals surface area contributed by atoms with Crippen molar-refractivity contribution in [2.24, 2.45) is 0 Å². The number of furan rings is 1. The van der Waals surface area contributed by atoms with Gasteiger partial charge in [-0.2, -0.15) is 0 Å². The van der Waals surface area contributed by atoms with E-state index in [-0.39, 0.29) is 18.2 Å². The Hall–Kier alpha value is -2.60. The summed E-state index contributed by atoms with van der Waals surface area (Å²) >= 11 is 0. The smallest absolute Gasteiger partial charge is 0.292 e. The van der Waals surface area contributed by atoms with Crippen molar-refractivity contribution in [2.45, 2.75) is 19.0 Å². The van der Waals surface area contributed by atoms with E-state index >= 15 is 0 Å². The highest BCUT2D eigenvalue weighted by atomic mass is 16.5. The SMILES string of the molecule is COc1ccc(N2C(=O)CC([NH2+]Cc3ccco3)C2=O)cc1. The summed E-state index contributed by atoms with van der Waals surface area (Å²) in [5.74, 6) is 1.09. The maximum atomic E-state index is 12.4. The number of hydrogen-bond donors (Lipinski definition) is 1. The number of anilines is 1. The van der Waals surface area contributed by atoms with Gasteiger partial charge >= 0.3 is 0 Å². The van der Waals surface area contributed by atoms with Gasteiger partial charge in [-0.25, -0.2) is 4.90 Å². The molecule has 1 saturated heterocycles. The lowest BCUT2D eigenvalue weighted by molar-refractivity contribution is -0.691. The number of quaternary nitrogens is 1. The van der Waals surface area contributed by atoms with Crippen molar-refractivity contribution in [1.82, 2.24) is 0 Å². The number of nitrogens with zero attached hydrogens (tertiary/aromatic N) is 1. The number of methoxy groups -OCH3 is 1. The Morgan fingerprint density at radius 1 is 1.27 bits per heavy atom. The molecule has 1 aromatic heterocycles. The van der Waals surface area contributed by atoms with Crippen molar-refractivity contribution in [1.29, 1.82) is 0 Å². The van der Waals surface area contributed by atoms with E-state index in [1.807, 2.05) is 11.4 Å². The molecule has 1 atom stereocenters. The summed E-state index contributed by atoms with van der Waals surface area (Å²) in [6, 6.07) is 10.1. The molecule has 6 nitrogen and oxygen atoms in total. The second-order valence-electron chi connectivity index (χ2n) is 5.10. The van der Waals surface area contributed by atoms with Crippen LogP contribution in [0.5, 0.6) is 5.75 Å². The highest BCUT2D eigenvalue weighted by molar-refractivity contribution is 6.21. The van der Waals surface area contributed by atoms with Crippen LogP contribution in [0.2, 0.25) is 0 Å². The van der Waals surface area contributed by atoms with Crippen LogP contribution >= 0.6 is 0 Å². The second-order valence-corrected chi connectivity index (χ2v) is 5.10. The fourth-order valence-corrected chi connectivity index (χ4v) is 2.53. The first kappa shape index (κ1) is 14.3. The van der Waals surface area contributed by atoms with E-state index in [4.69, 9.17) is 9.15 Å². The molecule has 1 aliphatic heterocycles. The lowest BCUT2D eigenvalue weighted by atomic mass is 10.2. The van der Waals surface area contributed by atoms with Gasteiger partial charge < -0.3 is 14.5 Å². The Labute approximate surface area is 127 Å². The molecule has 114 valence electrons. The molecule has 2 amide bonds. The summed E-state index contributed by atoms with van der Waals surface area (Å²) in [5, 5.41) is 1.84. The van der Waals surface area contributed by atoms with E-state index in [9.17, 15) is 9.59 Å². The van der Waals surface area contributed by atoms with E-state index < -0.39 is 6.04 Å². The minimum absolute atomic E-state index is 0.184. The molecule has 0 radical (unpaired) electrons. The van der Waals surface area contributed by atoms with Gasteiger partial charge in [-0.05, 0) is 36.4 Å². The Bertz CT molecular complexity index is 664. The zero-order valence-corrected chi connectivity index (χ0v) is 12.2. The maximum Gasteiger partial charge on any atom is 0.292 e. The number of nitrogens with two attached hydrogens (primary N) is 1. The molecule has 2 aromatic rings. The van der Waals surface area contributed by atoms with Crippen molar-refractivity contribution >= 4 is 17.5 Å². The number of hydrogen-bond acceptors (Lipinski definition) is 4.